The third kappa shape index (κ3) is 5.73. The first-order chi connectivity index (χ1) is 14.1. The minimum absolute atomic E-state index is 0.143. The highest BCUT2D eigenvalue weighted by molar-refractivity contribution is 5.84. The van der Waals surface area contributed by atoms with Crippen LogP contribution in [0.4, 0.5) is 0 Å². The fourth-order valence-corrected chi connectivity index (χ4v) is 3.73. The van der Waals surface area contributed by atoms with E-state index in [0.717, 1.165) is 29.9 Å². The van der Waals surface area contributed by atoms with Gasteiger partial charge in [-0.1, -0.05) is 31.0 Å². The number of ether oxygens (including phenoxy) is 2. The number of carboxylic acid groups (broad SMARTS) is 1. The second-order valence-electron chi connectivity index (χ2n) is 7.30. The number of nitrogens with one attached hydrogen (secondary N) is 1. The van der Waals surface area contributed by atoms with Crippen molar-refractivity contribution in [3.63, 3.8) is 0 Å². The summed E-state index contributed by atoms with van der Waals surface area (Å²) in [4.78, 5) is 23.8. The van der Waals surface area contributed by atoms with Crippen LogP contribution in [0.25, 0.3) is 0 Å². The third-order valence-corrected chi connectivity index (χ3v) is 5.33. The fourth-order valence-electron chi connectivity index (χ4n) is 3.73. The quantitative estimate of drug-likeness (QED) is 0.702. The number of carboxylic acids is 1. The minimum atomic E-state index is -0.864. The maximum absolute atomic E-state index is 12.4. The average Bonchev–Trinajstić information content (AvgIpc) is 2.75. The fraction of sp³-hybridized carbons (Fsp3) is 0.391. The van der Waals surface area contributed by atoms with E-state index in [1.165, 1.54) is 0 Å². The normalized spacial score (nSPS) is 18.7. The largest absolute Gasteiger partial charge is 0.497 e. The molecule has 2 unspecified atom stereocenters. The van der Waals surface area contributed by atoms with E-state index in [1.54, 1.807) is 7.11 Å². The Balaban J connectivity index is 1.48. The summed E-state index contributed by atoms with van der Waals surface area (Å²) < 4.78 is 11.0. The smallest absolute Gasteiger partial charge is 0.307 e. The zero-order valence-corrected chi connectivity index (χ0v) is 16.6. The van der Waals surface area contributed by atoms with Crippen LogP contribution >= 0.6 is 0 Å². The van der Waals surface area contributed by atoms with E-state index in [4.69, 9.17) is 9.47 Å². The summed E-state index contributed by atoms with van der Waals surface area (Å²) in [5.74, 6) is 0.170. The standard InChI is InChI=1S/C23H27NO5/c1-28-18-5-4-6-19(15-18)29-17-11-9-16(10-12-17)13-14-24-22(25)20-7-2-3-8-21(20)23(26)27/h4-6,9-12,15,20-21H,2-3,7-8,13-14H2,1H3,(H,24,25)(H,26,27). The summed E-state index contributed by atoms with van der Waals surface area (Å²) in [7, 11) is 1.61. The van der Waals surface area contributed by atoms with Crippen LogP contribution < -0.4 is 14.8 Å². The van der Waals surface area contributed by atoms with E-state index in [2.05, 4.69) is 5.32 Å². The SMILES string of the molecule is COc1cccc(Oc2ccc(CCNC(=O)C3CCCCC3C(=O)O)cc2)c1. The van der Waals surface area contributed by atoms with E-state index in [9.17, 15) is 14.7 Å². The molecule has 3 rings (SSSR count). The van der Waals surface area contributed by atoms with Crippen LogP contribution in [0.15, 0.2) is 48.5 Å². The Bertz CT molecular complexity index is 833. The second-order valence-corrected chi connectivity index (χ2v) is 7.30. The van der Waals surface area contributed by atoms with Crippen molar-refractivity contribution in [2.45, 2.75) is 32.1 Å². The van der Waals surface area contributed by atoms with Crippen molar-refractivity contribution in [2.24, 2.45) is 11.8 Å². The summed E-state index contributed by atoms with van der Waals surface area (Å²) >= 11 is 0. The molecule has 1 aliphatic rings. The van der Waals surface area contributed by atoms with Gasteiger partial charge in [0.1, 0.15) is 17.2 Å². The van der Waals surface area contributed by atoms with Gasteiger partial charge in [-0.15, -0.1) is 0 Å². The molecule has 0 aliphatic heterocycles. The summed E-state index contributed by atoms with van der Waals surface area (Å²) in [6.45, 7) is 0.484. The lowest BCUT2D eigenvalue weighted by Crippen LogP contribution is -2.40. The van der Waals surface area contributed by atoms with Crippen molar-refractivity contribution in [1.29, 1.82) is 0 Å². The summed E-state index contributed by atoms with van der Waals surface area (Å²) in [5.41, 5.74) is 1.07. The van der Waals surface area contributed by atoms with Crippen LogP contribution in [0, 0.1) is 11.8 Å². The van der Waals surface area contributed by atoms with Gasteiger partial charge in [0.15, 0.2) is 0 Å². The van der Waals surface area contributed by atoms with Crippen LogP contribution in [0.1, 0.15) is 31.2 Å². The molecule has 0 aromatic heterocycles. The van der Waals surface area contributed by atoms with Gasteiger partial charge in [-0.3, -0.25) is 9.59 Å². The van der Waals surface area contributed by atoms with E-state index in [0.29, 0.717) is 31.6 Å². The molecule has 1 aliphatic carbocycles. The molecule has 154 valence electrons. The molecule has 2 atom stereocenters. The van der Waals surface area contributed by atoms with Gasteiger partial charge in [0.2, 0.25) is 5.91 Å². The van der Waals surface area contributed by atoms with Gasteiger partial charge < -0.3 is 19.9 Å². The van der Waals surface area contributed by atoms with Gasteiger partial charge in [0.25, 0.3) is 0 Å². The molecule has 2 aromatic carbocycles. The van der Waals surface area contributed by atoms with Crippen molar-refractivity contribution in [3.05, 3.63) is 54.1 Å². The Morgan fingerprint density at radius 2 is 1.69 bits per heavy atom. The first kappa shape index (κ1) is 20.7. The summed E-state index contributed by atoms with van der Waals surface area (Å²) in [6.07, 6.45) is 3.71. The monoisotopic (exact) mass is 397 g/mol. The maximum atomic E-state index is 12.4. The van der Waals surface area contributed by atoms with Crippen molar-refractivity contribution < 1.29 is 24.2 Å². The maximum Gasteiger partial charge on any atom is 0.307 e. The molecule has 2 aromatic rings. The summed E-state index contributed by atoms with van der Waals surface area (Å²) in [5, 5.41) is 12.2. The number of amides is 1. The number of rotatable bonds is 8. The van der Waals surface area contributed by atoms with Crippen molar-refractivity contribution >= 4 is 11.9 Å². The Kier molecular flexibility index (Phi) is 7.11. The molecule has 0 radical (unpaired) electrons. The molecule has 0 heterocycles. The van der Waals surface area contributed by atoms with Crippen LogP contribution in [0.5, 0.6) is 17.2 Å². The highest BCUT2D eigenvalue weighted by atomic mass is 16.5. The van der Waals surface area contributed by atoms with E-state index < -0.39 is 17.8 Å². The molecular weight excluding hydrogens is 370 g/mol. The highest BCUT2D eigenvalue weighted by Gasteiger charge is 2.35. The minimum Gasteiger partial charge on any atom is -0.497 e. The van der Waals surface area contributed by atoms with Gasteiger partial charge >= 0.3 is 5.97 Å². The second kappa shape index (κ2) is 9.96. The van der Waals surface area contributed by atoms with E-state index in [-0.39, 0.29) is 5.91 Å². The number of methoxy groups -OCH3 is 1. The number of hydrogen-bond acceptors (Lipinski definition) is 4. The number of carbonyl (C=O) groups excluding carboxylic acids is 1. The molecule has 1 amide bonds. The molecule has 1 fully saturated rings. The molecule has 6 nitrogen and oxygen atoms in total. The van der Waals surface area contributed by atoms with Crippen LogP contribution in [0.3, 0.4) is 0 Å². The first-order valence-electron chi connectivity index (χ1n) is 9.98. The molecule has 6 heteroatoms. The first-order valence-corrected chi connectivity index (χ1v) is 9.98. The zero-order chi connectivity index (χ0) is 20.6. The van der Waals surface area contributed by atoms with Crippen LogP contribution in [0.2, 0.25) is 0 Å². The van der Waals surface area contributed by atoms with Crippen LogP contribution in [-0.2, 0) is 16.0 Å². The Morgan fingerprint density at radius 1 is 1.00 bits per heavy atom. The topological polar surface area (TPSA) is 84.9 Å². The predicted octanol–water partition coefficient (Wildman–Crippen LogP) is 4.04. The van der Waals surface area contributed by atoms with Crippen LogP contribution in [-0.4, -0.2) is 30.6 Å². The molecule has 0 bridgehead atoms. The Morgan fingerprint density at radius 3 is 2.38 bits per heavy atom. The van der Waals surface area contributed by atoms with E-state index >= 15 is 0 Å². The van der Waals surface area contributed by atoms with Gasteiger partial charge in [0, 0.05) is 12.6 Å². The number of aliphatic carboxylic acids is 1. The number of hydrogen-bond donors (Lipinski definition) is 2. The molecule has 0 spiro atoms. The molecule has 2 N–H and O–H groups in total. The zero-order valence-electron chi connectivity index (χ0n) is 16.6. The third-order valence-electron chi connectivity index (χ3n) is 5.33. The average molecular weight is 397 g/mol. The van der Waals surface area contributed by atoms with Crippen molar-refractivity contribution in [1.82, 2.24) is 5.32 Å². The lowest BCUT2D eigenvalue weighted by molar-refractivity contribution is -0.148. The van der Waals surface area contributed by atoms with Gasteiger partial charge in [-0.25, -0.2) is 0 Å². The predicted molar refractivity (Wildman–Crippen MR) is 109 cm³/mol. The summed E-state index contributed by atoms with van der Waals surface area (Å²) in [6, 6.07) is 15.1. The molecule has 0 saturated heterocycles. The lowest BCUT2D eigenvalue weighted by Gasteiger charge is -2.27. The Labute approximate surface area is 170 Å². The Hall–Kier alpha value is -3.02. The molecular formula is C23H27NO5. The molecule has 1 saturated carbocycles. The number of benzene rings is 2. The molecule has 29 heavy (non-hydrogen) atoms. The van der Waals surface area contributed by atoms with E-state index in [1.807, 2.05) is 48.5 Å². The van der Waals surface area contributed by atoms with Crippen molar-refractivity contribution in [2.75, 3.05) is 13.7 Å². The highest BCUT2D eigenvalue weighted by Crippen LogP contribution is 2.30. The van der Waals surface area contributed by atoms with Gasteiger partial charge in [-0.2, -0.15) is 0 Å². The lowest BCUT2D eigenvalue weighted by atomic mass is 9.78. The number of carbonyl (C=O) groups is 2. The van der Waals surface area contributed by atoms with Crippen molar-refractivity contribution in [3.8, 4) is 17.2 Å². The van der Waals surface area contributed by atoms with Gasteiger partial charge in [0.05, 0.1) is 18.9 Å². The van der Waals surface area contributed by atoms with Gasteiger partial charge in [-0.05, 0) is 49.1 Å².